The van der Waals surface area contributed by atoms with E-state index in [2.05, 4.69) is 14.7 Å². The maximum atomic E-state index is 14.1. The molecule has 0 atom stereocenters. The van der Waals surface area contributed by atoms with E-state index in [9.17, 15) is 18.0 Å². The van der Waals surface area contributed by atoms with Gasteiger partial charge in [0.05, 0.1) is 40.3 Å². The predicted molar refractivity (Wildman–Crippen MR) is 118 cm³/mol. The quantitative estimate of drug-likeness (QED) is 0.441. The molecule has 2 N–H and O–H groups in total. The van der Waals surface area contributed by atoms with Crippen LogP contribution in [0.5, 0.6) is 5.75 Å². The lowest BCUT2D eigenvalue weighted by Crippen LogP contribution is -2.23. The summed E-state index contributed by atoms with van der Waals surface area (Å²) >= 11 is 0. The first-order chi connectivity index (χ1) is 15.8. The van der Waals surface area contributed by atoms with Gasteiger partial charge < -0.3 is 15.0 Å². The van der Waals surface area contributed by atoms with Gasteiger partial charge in [0.25, 0.3) is 5.56 Å². The molecule has 0 radical (unpaired) electrons. The van der Waals surface area contributed by atoms with Gasteiger partial charge in [-0.15, -0.1) is 0 Å². The number of nitrogen functional groups attached to an aromatic ring is 1. The number of anilines is 1. The van der Waals surface area contributed by atoms with E-state index in [-0.39, 0.29) is 28.0 Å². The zero-order valence-electron chi connectivity index (χ0n) is 17.2. The van der Waals surface area contributed by atoms with Crippen LogP contribution in [-0.2, 0) is 7.05 Å². The van der Waals surface area contributed by atoms with E-state index in [0.29, 0.717) is 11.3 Å². The van der Waals surface area contributed by atoms with E-state index in [1.54, 1.807) is 24.5 Å². The largest absolute Gasteiger partial charge is 0.435 e. The van der Waals surface area contributed by atoms with Crippen molar-refractivity contribution in [1.29, 1.82) is 0 Å². The first-order valence-corrected chi connectivity index (χ1v) is 9.80. The summed E-state index contributed by atoms with van der Waals surface area (Å²) in [6, 6.07) is 11.9. The Morgan fingerprint density at radius 3 is 2.52 bits per heavy atom. The van der Waals surface area contributed by atoms with Crippen LogP contribution in [-0.4, -0.2) is 25.7 Å². The van der Waals surface area contributed by atoms with Crippen LogP contribution in [0.2, 0.25) is 0 Å². The van der Waals surface area contributed by atoms with Crippen LogP contribution < -0.4 is 16.0 Å². The Morgan fingerprint density at radius 1 is 1.03 bits per heavy atom. The smallest absolute Gasteiger partial charge is 0.387 e. The van der Waals surface area contributed by atoms with Crippen LogP contribution in [0.25, 0.3) is 38.9 Å². The lowest BCUT2D eigenvalue weighted by Gasteiger charge is -2.16. The first-order valence-electron chi connectivity index (χ1n) is 9.80. The molecule has 5 aromatic rings. The molecule has 0 aliphatic heterocycles. The molecule has 10 heteroatoms. The Morgan fingerprint density at radius 2 is 1.79 bits per heavy atom. The van der Waals surface area contributed by atoms with E-state index < -0.39 is 18.0 Å². The van der Waals surface area contributed by atoms with Crippen LogP contribution in [0.4, 0.5) is 18.9 Å². The van der Waals surface area contributed by atoms with Crippen LogP contribution in [0.1, 0.15) is 0 Å². The van der Waals surface area contributed by atoms with Gasteiger partial charge >= 0.3 is 6.61 Å². The Hall–Kier alpha value is -4.34. The average molecular weight is 451 g/mol. The molecule has 3 aromatic heterocycles. The molecule has 0 spiro atoms. The van der Waals surface area contributed by atoms with Crippen LogP contribution in [0, 0.1) is 5.82 Å². The number of hydrogen-bond acceptors (Lipinski definition) is 5. The van der Waals surface area contributed by atoms with Crippen LogP contribution in [0.3, 0.4) is 0 Å². The topological polar surface area (TPSA) is 88.0 Å². The summed E-state index contributed by atoms with van der Waals surface area (Å²) in [5, 5.41) is 0. The summed E-state index contributed by atoms with van der Waals surface area (Å²) < 4.78 is 46.5. The zero-order valence-corrected chi connectivity index (χ0v) is 17.2. The second-order valence-corrected chi connectivity index (χ2v) is 7.38. The number of pyridine rings is 2. The number of alkyl halides is 2. The lowest BCUT2D eigenvalue weighted by molar-refractivity contribution is -0.0498. The molecule has 3 heterocycles. The van der Waals surface area contributed by atoms with Crippen molar-refractivity contribution in [2.75, 3.05) is 5.73 Å². The number of imidazole rings is 1. The lowest BCUT2D eigenvalue weighted by atomic mass is 10.0. The fourth-order valence-electron chi connectivity index (χ4n) is 3.85. The molecule has 0 aliphatic rings. The highest BCUT2D eigenvalue weighted by molar-refractivity contribution is 5.97. The van der Waals surface area contributed by atoms with Gasteiger partial charge in [0, 0.05) is 18.8 Å². The van der Waals surface area contributed by atoms with Crippen molar-refractivity contribution in [2.45, 2.75) is 6.61 Å². The van der Waals surface area contributed by atoms with E-state index >= 15 is 0 Å². The molecule has 0 saturated heterocycles. The minimum absolute atomic E-state index is 0.0762. The van der Waals surface area contributed by atoms with Crippen molar-refractivity contribution in [3.8, 4) is 22.6 Å². The highest BCUT2D eigenvalue weighted by Crippen LogP contribution is 2.32. The van der Waals surface area contributed by atoms with Gasteiger partial charge in [0.2, 0.25) is 0 Å². The van der Waals surface area contributed by atoms with E-state index in [1.807, 2.05) is 11.6 Å². The first kappa shape index (κ1) is 20.6. The molecule has 166 valence electrons. The zero-order chi connectivity index (χ0) is 23.3. The standard InChI is InChI=1S/C23H16F3N5O2/c1-30-11-29-16-7-2-12(8-17(16)30)19-20(27)21-18(9-13(24)10-28-21)31(22(19)32)14-3-5-15(6-4-14)33-23(25)26/h2-11,23H,27H2,1H3. The van der Waals surface area contributed by atoms with Gasteiger partial charge in [-0.1, -0.05) is 6.07 Å². The van der Waals surface area contributed by atoms with Crippen molar-refractivity contribution in [3.63, 3.8) is 0 Å². The number of hydrogen-bond donors (Lipinski definition) is 1. The Kier molecular flexibility index (Phi) is 4.77. The van der Waals surface area contributed by atoms with Crippen LogP contribution in [0.15, 0.2) is 65.8 Å². The van der Waals surface area contributed by atoms with Crippen molar-refractivity contribution in [2.24, 2.45) is 7.05 Å². The molecule has 0 aliphatic carbocycles. The highest BCUT2D eigenvalue weighted by atomic mass is 19.3. The number of halogens is 3. The molecular formula is C23H16F3N5O2. The van der Waals surface area contributed by atoms with Crippen molar-refractivity contribution in [3.05, 3.63) is 77.2 Å². The third-order valence-electron chi connectivity index (χ3n) is 5.35. The number of nitrogens with zero attached hydrogens (tertiary/aromatic N) is 4. The second kappa shape index (κ2) is 7.66. The van der Waals surface area contributed by atoms with Gasteiger partial charge in [-0.2, -0.15) is 8.78 Å². The minimum atomic E-state index is -2.98. The third-order valence-corrected chi connectivity index (χ3v) is 5.35. The maximum Gasteiger partial charge on any atom is 0.387 e. The summed E-state index contributed by atoms with van der Waals surface area (Å²) in [5.74, 6) is -0.732. The molecule has 2 aromatic carbocycles. The average Bonchev–Trinajstić information content (AvgIpc) is 3.15. The van der Waals surface area contributed by atoms with Crippen molar-refractivity contribution in [1.82, 2.24) is 19.1 Å². The molecule has 0 saturated carbocycles. The molecule has 0 bridgehead atoms. The number of ether oxygens (including phenoxy) is 1. The van der Waals surface area contributed by atoms with Gasteiger partial charge in [-0.3, -0.25) is 9.36 Å². The van der Waals surface area contributed by atoms with Crippen molar-refractivity contribution < 1.29 is 17.9 Å². The van der Waals surface area contributed by atoms with E-state index in [4.69, 9.17) is 5.73 Å². The third kappa shape index (κ3) is 3.45. The Bertz CT molecular complexity index is 1580. The van der Waals surface area contributed by atoms with E-state index in [0.717, 1.165) is 23.3 Å². The normalized spacial score (nSPS) is 11.5. The van der Waals surface area contributed by atoms with Gasteiger partial charge in [-0.25, -0.2) is 14.4 Å². The summed E-state index contributed by atoms with van der Waals surface area (Å²) in [6.45, 7) is -2.98. The van der Waals surface area contributed by atoms with Gasteiger partial charge in [-0.05, 0) is 42.0 Å². The summed E-state index contributed by atoms with van der Waals surface area (Å²) in [4.78, 5) is 22.1. The summed E-state index contributed by atoms with van der Waals surface area (Å²) in [7, 11) is 1.83. The monoisotopic (exact) mass is 451 g/mol. The summed E-state index contributed by atoms with van der Waals surface area (Å²) in [5.41, 5.74) is 8.87. The van der Waals surface area contributed by atoms with Gasteiger partial charge in [0.1, 0.15) is 17.1 Å². The maximum absolute atomic E-state index is 14.1. The Labute approximate surface area is 184 Å². The second-order valence-electron chi connectivity index (χ2n) is 7.38. The minimum Gasteiger partial charge on any atom is -0.435 e. The molecule has 0 unspecified atom stereocenters. The van der Waals surface area contributed by atoms with Crippen molar-refractivity contribution >= 4 is 27.8 Å². The number of aryl methyl sites for hydroxylation is 1. The number of benzene rings is 2. The van der Waals surface area contributed by atoms with Gasteiger partial charge in [0.15, 0.2) is 0 Å². The molecule has 33 heavy (non-hydrogen) atoms. The number of fused-ring (bicyclic) bond motifs is 2. The fourth-order valence-corrected chi connectivity index (χ4v) is 3.85. The number of rotatable bonds is 4. The highest BCUT2D eigenvalue weighted by Gasteiger charge is 2.20. The molecule has 0 amide bonds. The number of aromatic nitrogens is 4. The fraction of sp³-hybridized carbons (Fsp3) is 0.0870. The molecule has 5 rings (SSSR count). The SMILES string of the molecule is Cn1cnc2ccc(-c3c(N)c4ncc(F)cc4n(-c4ccc(OC(F)F)cc4)c3=O)cc21. The number of nitrogens with two attached hydrogens (primary N) is 1. The van der Waals surface area contributed by atoms with E-state index in [1.165, 1.54) is 28.8 Å². The predicted octanol–water partition coefficient (Wildman–Crippen LogP) is 4.26. The molecule has 7 nitrogen and oxygen atoms in total. The Balaban J connectivity index is 1.80. The molecular weight excluding hydrogens is 435 g/mol. The summed E-state index contributed by atoms with van der Waals surface area (Å²) in [6.07, 6.45) is 2.67. The molecule has 0 fully saturated rings. The van der Waals surface area contributed by atoms with Crippen LogP contribution >= 0.6 is 0 Å².